The lowest BCUT2D eigenvalue weighted by Crippen LogP contribution is -2.20. The Hall–Kier alpha value is -3.13. The summed E-state index contributed by atoms with van der Waals surface area (Å²) < 4.78 is 12.9. The highest BCUT2D eigenvalue weighted by molar-refractivity contribution is 5.90. The number of aromatic nitrogens is 4. The van der Waals surface area contributed by atoms with Crippen molar-refractivity contribution in [2.45, 2.75) is 25.9 Å². The standard InChI is InChI=1S/C20H21FN6O/c21-17-7-9-18(10-8-17)22-19(28)14-27-24-20(23-25-27)16-5-3-15(4-6-16)13-26-11-1-2-12-26/h3-10H,1-2,11-14H2,(H,22,28). The molecule has 1 aromatic heterocycles. The smallest absolute Gasteiger partial charge is 0.248 e. The predicted molar refractivity (Wildman–Crippen MR) is 103 cm³/mol. The van der Waals surface area contributed by atoms with Gasteiger partial charge in [0.05, 0.1) is 0 Å². The molecule has 144 valence electrons. The lowest BCUT2D eigenvalue weighted by Gasteiger charge is -2.14. The second-order valence-corrected chi connectivity index (χ2v) is 6.88. The Balaban J connectivity index is 1.35. The van der Waals surface area contributed by atoms with Gasteiger partial charge in [-0.1, -0.05) is 24.3 Å². The van der Waals surface area contributed by atoms with Crippen LogP contribution in [0.2, 0.25) is 0 Å². The molecule has 8 heteroatoms. The second-order valence-electron chi connectivity index (χ2n) is 6.88. The van der Waals surface area contributed by atoms with Crippen molar-refractivity contribution in [2.24, 2.45) is 0 Å². The fourth-order valence-electron chi connectivity index (χ4n) is 3.25. The normalized spacial score (nSPS) is 14.3. The van der Waals surface area contributed by atoms with Crippen LogP contribution in [0.25, 0.3) is 11.4 Å². The summed E-state index contributed by atoms with van der Waals surface area (Å²) in [5, 5.41) is 14.9. The van der Waals surface area contributed by atoms with Crippen molar-refractivity contribution in [1.82, 2.24) is 25.1 Å². The molecule has 1 saturated heterocycles. The highest BCUT2D eigenvalue weighted by Gasteiger charge is 2.13. The number of likely N-dealkylation sites (tertiary alicyclic amines) is 1. The van der Waals surface area contributed by atoms with Crippen molar-refractivity contribution >= 4 is 11.6 Å². The number of nitrogens with one attached hydrogen (secondary N) is 1. The van der Waals surface area contributed by atoms with Gasteiger partial charge < -0.3 is 5.32 Å². The van der Waals surface area contributed by atoms with Crippen LogP contribution >= 0.6 is 0 Å². The Morgan fingerprint density at radius 2 is 1.75 bits per heavy atom. The monoisotopic (exact) mass is 380 g/mol. The third-order valence-corrected chi connectivity index (χ3v) is 4.68. The summed E-state index contributed by atoms with van der Waals surface area (Å²) in [6.07, 6.45) is 2.56. The van der Waals surface area contributed by atoms with Crippen molar-refractivity contribution in [3.63, 3.8) is 0 Å². The van der Waals surface area contributed by atoms with E-state index in [4.69, 9.17) is 0 Å². The van der Waals surface area contributed by atoms with E-state index >= 15 is 0 Å². The third kappa shape index (κ3) is 4.58. The van der Waals surface area contributed by atoms with Gasteiger partial charge in [0.2, 0.25) is 11.7 Å². The van der Waals surface area contributed by atoms with Crippen molar-refractivity contribution in [1.29, 1.82) is 0 Å². The zero-order chi connectivity index (χ0) is 19.3. The first kappa shape index (κ1) is 18.2. The van der Waals surface area contributed by atoms with E-state index in [0.717, 1.165) is 25.2 Å². The first-order valence-corrected chi connectivity index (χ1v) is 9.31. The van der Waals surface area contributed by atoms with Gasteiger partial charge in [-0.3, -0.25) is 9.69 Å². The van der Waals surface area contributed by atoms with E-state index in [-0.39, 0.29) is 18.3 Å². The number of carbonyl (C=O) groups excluding carboxylic acids is 1. The quantitative estimate of drug-likeness (QED) is 0.712. The maximum absolute atomic E-state index is 12.9. The van der Waals surface area contributed by atoms with Crippen molar-refractivity contribution in [3.8, 4) is 11.4 Å². The average molecular weight is 380 g/mol. The van der Waals surface area contributed by atoms with Crippen LogP contribution in [-0.2, 0) is 17.9 Å². The number of anilines is 1. The Labute approximate surface area is 162 Å². The SMILES string of the molecule is O=C(Cn1nnc(-c2ccc(CN3CCCC3)cc2)n1)Nc1ccc(F)cc1. The minimum atomic E-state index is -0.355. The number of hydrogen-bond donors (Lipinski definition) is 1. The summed E-state index contributed by atoms with van der Waals surface area (Å²) in [5.74, 6) is -0.189. The zero-order valence-electron chi connectivity index (χ0n) is 15.4. The minimum Gasteiger partial charge on any atom is -0.324 e. The molecule has 0 aliphatic carbocycles. The van der Waals surface area contributed by atoms with Gasteiger partial charge in [-0.05, 0) is 61.0 Å². The zero-order valence-corrected chi connectivity index (χ0v) is 15.4. The molecule has 1 aliphatic heterocycles. The molecule has 1 N–H and O–H groups in total. The maximum atomic E-state index is 12.9. The summed E-state index contributed by atoms with van der Waals surface area (Å²) >= 11 is 0. The lowest BCUT2D eigenvalue weighted by atomic mass is 10.1. The molecule has 0 atom stereocenters. The van der Waals surface area contributed by atoms with Crippen LogP contribution < -0.4 is 5.32 Å². The van der Waals surface area contributed by atoms with Gasteiger partial charge in [0.25, 0.3) is 0 Å². The molecular weight excluding hydrogens is 359 g/mol. The number of tetrazole rings is 1. The van der Waals surface area contributed by atoms with Crippen LogP contribution in [-0.4, -0.2) is 44.1 Å². The molecule has 0 saturated carbocycles. The molecule has 0 bridgehead atoms. The molecule has 0 spiro atoms. The maximum Gasteiger partial charge on any atom is 0.248 e. The highest BCUT2D eigenvalue weighted by Crippen LogP contribution is 2.17. The summed E-state index contributed by atoms with van der Waals surface area (Å²) in [6.45, 7) is 3.22. The Morgan fingerprint density at radius 1 is 1.04 bits per heavy atom. The Kier molecular flexibility index (Phi) is 5.38. The van der Waals surface area contributed by atoms with E-state index in [9.17, 15) is 9.18 Å². The molecule has 3 aromatic rings. The van der Waals surface area contributed by atoms with E-state index in [0.29, 0.717) is 11.5 Å². The van der Waals surface area contributed by atoms with Crippen LogP contribution in [0.1, 0.15) is 18.4 Å². The fourth-order valence-corrected chi connectivity index (χ4v) is 3.25. The summed E-state index contributed by atoms with van der Waals surface area (Å²) in [7, 11) is 0. The number of carbonyl (C=O) groups is 1. The van der Waals surface area contributed by atoms with Crippen LogP contribution in [0.4, 0.5) is 10.1 Å². The van der Waals surface area contributed by atoms with Crippen LogP contribution in [0.5, 0.6) is 0 Å². The Bertz CT molecular complexity index is 932. The van der Waals surface area contributed by atoms with Crippen molar-refractivity contribution in [3.05, 3.63) is 59.9 Å². The minimum absolute atomic E-state index is 0.0720. The number of rotatable bonds is 6. The summed E-state index contributed by atoms with van der Waals surface area (Å²) in [4.78, 5) is 15.8. The van der Waals surface area contributed by atoms with Gasteiger partial charge in [0, 0.05) is 17.8 Å². The molecule has 2 heterocycles. The topological polar surface area (TPSA) is 75.9 Å². The van der Waals surface area contributed by atoms with Gasteiger partial charge >= 0.3 is 0 Å². The van der Waals surface area contributed by atoms with Gasteiger partial charge in [-0.15, -0.1) is 10.2 Å². The van der Waals surface area contributed by atoms with E-state index in [1.807, 2.05) is 12.1 Å². The molecular formula is C20H21FN6O. The van der Waals surface area contributed by atoms with Gasteiger partial charge in [-0.25, -0.2) is 4.39 Å². The van der Waals surface area contributed by atoms with Gasteiger partial charge in [0.15, 0.2) is 0 Å². The molecule has 0 radical (unpaired) electrons. The molecule has 28 heavy (non-hydrogen) atoms. The molecule has 1 fully saturated rings. The van der Waals surface area contributed by atoms with E-state index in [1.165, 1.54) is 47.5 Å². The largest absolute Gasteiger partial charge is 0.324 e. The van der Waals surface area contributed by atoms with E-state index in [2.05, 4.69) is 37.8 Å². The van der Waals surface area contributed by atoms with Crippen LogP contribution in [0, 0.1) is 5.82 Å². The molecule has 4 rings (SSSR count). The lowest BCUT2D eigenvalue weighted by molar-refractivity contribution is -0.117. The number of benzene rings is 2. The first-order valence-electron chi connectivity index (χ1n) is 9.31. The molecule has 7 nitrogen and oxygen atoms in total. The van der Waals surface area contributed by atoms with Gasteiger partial charge in [-0.2, -0.15) is 4.80 Å². The fraction of sp³-hybridized carbons (Fsp3) is 0.300. The molecule has 1 aliphatic rings. The Morgan fingerprint density at radius 3 is 2.46 bits per heavy atom. The van der Waals surface area contributed by atoms with Crippen molar-refractivity contribution in [2.75, 3.05) is 18.4 Å². The third-order valence-electron chi connectivity index (χ3n) is 4.68. The second kappa shape index (κ2) is 8.26. The molecule has 1 amide bonds. The number of amides is 1. The number of nitrogens with zero attached hydrogens (tertiary/aromatic N) is 5. The van der Waals surface area contributed by atoms with Crippen LogP contribution in [0.3, 0.4) is 0 Å². The average Bonchev–Trinajstić information content (AvgIpc) is 3.36. The van der Waals surface area contributed by atoms with Gasteiger partial charge in [0.1, 0.15) is 12.4 Å². The van der Waals surface area contributed by atoms with Crippen LogP contribution in [0.15, 0.2) is 48.5 Å². The first-order chi connectivity index (χ1) is 13.7. The predicted octanol–water partition coefficient (Wildman–Crippen LogP) is 2.71. The summed E-state index contributed by atoms with van der Waals surface area (Å²) in [6, 6.07) is 13.7. The van der Waals surface area contributed by atoms with Crippen molar-refractivity contribution < 1.29 is 9.18 Å². The molecule has 2 aromatic carbocycles. The number of halogens is 1. The molecule has 0 unspecified atom stereocenters. The highest BCUT2D eigenvalue weighted by atomic mass is 19.1. The van der Waals surface area contributed by atoms with E-state index < -0.39 is 0 Å². The van der Waals surface area contributed by atoms with E-state index in [1.54, 1.807) is 0 Å². The summed E-state index contributed by atoms with van der Waals surface area (Å²) in [5.41, 5.74) is 2.63. The number of hydrogen-bond acceptors (Lipinski definition) is 5.